The molecule has 0 fully saturated rings. The minimum Gasteiger partial charge on any atom is -0.308 e. The van der Waals surface area contributed by atoms with Crippen LogP contribution in [0.4, 0.5) is 50.9 Å². The van der Waals surface area contributed by atoms with Gasteiger partial charge < -0.3 is 9.13 Å². The van der Waals surface area contributed by atoms with Crippen LogP contribution in [0.25, 0.3) is 75.8 Å². The Morgan fingerprint density at radius 3 is 1.35 bits per heavy atom. The highest BCUT2D eigenvalue weighted by Gasteiger charge is 2.34. The van der Waals surface area contributed by atoms with Crippen LogP contribution in [0.15, 0.2) is 115 Å². The van der Waals surface area contributed by atoms with Crippen LogP contribution in [0, 0.1) is 13.1 Å². The summed E-state index contributed by atoms with van der Waals surface area (Å²) in [5.41, 5.74) is -1.80. The number of hydrogen-bond acceptors (Lipinski definition) is 0. The van der Waals surface area contributed by atoms with E-state index in [-0.39, 0.29) is 50.2 Å². The van der Waals surface area contributed by atoms with Gasteiger partial charge in [0.05, 0.1) is 57.7 Å². The number of benzene rings is 6. The van der Waals surface area contributed by atoms with E-state index in [1.54, 1.807) is 57.7 Å². The van der Waals surface area contributed by atoms with Crippen LogP contribution in [-0.4, -0.2) is 9.13 Å². The summed E-state index contributed by atoms with van der Waals surface area (Å²) in [5.74, 6) is 0. The van der Waals surface area contributed by atoms with E-state index in [1.165, 1.54) is 30.3 Å². The topological polar surface area (TPSA) is 18.6 Å². The molecule has 0 amide bonds. The normalized spacial score (nSPS) is 12.5. The van der Waals surface area contributed by atoms with E-state index in [9.17, 15) is 39.5 Å². The van der Waals surface area contributed by atoms with Crippen molar-refractivity contribution in [2.24, 2.45) is 0 Å². The third-order valence-electron chi connectivity index (χ3n) is 9.38. The molecule has 2 aromatic heterocycles. The molecule has 0 aliphatic rings. The van der Waals surface area contributed by atoms with E-state index in [4.69, 9.17) is 13.1 Å². The highest BCUT2D eigenvalue weighted by Crippen LogP contribution is 2.46. The standard InChI is InChI=1S/C41H19F9N4/c1-51-26-16-22(15-25(17-26)41(48,49)50)29-20-37(53-33-9-5-3-7-27(33)30-18-23(39(42,43)44)11-13-35(30)53)38(21-32(29)52-2)54-34-10-6-4-8-28(34)31-19-24(40(45,46)47)12-14-36(31)54/h3-21H. The number of rotatable bonds is 3. The second kappa shape index (κ2) is 11.9. The van der Waals surface area contributed by atoms with Gasteiger partial charge in [0.15, 0.2) is 11.4 Å². The van der Waals surface area contributed by atoms with Crippen LogP contribution in [-0.2, 0) is 18.5 Å². The first-order chi connectivity index (χ1) is 25.6. The van der Waals surface area contributed by atoms with Gasteiger partial charge in [-0.2, -0.15) is 39.5 Å². The number of alkyl halides is 9. The summed E-state index contributed by atoms with van der Waals surface area (Å²) in [4.78, 5) is 6.86. The van der Waals surface area contributed by atoms with Gasteiger partial charge in [-0.05, 0) is 90.0 Å². The van der Waals surface area contributed by atoms with E-state index in [2.05, 4.69) is 9.69 Å². The molecular formula is C41H19F9N4. The second-order valence-corrected chi connectivity index (χ2v) is 12.5. The van der Waals surface area contributed by atoms with Crippen molar-refractivity contribution in [1.29, 1.82) is 0 Å². The summed E-state index contributed by atoms with van der Waals surface area (Å²) in [7, 11) is 0. The predicted octanol–water partition coefficient (Wildman–Crippen LogP) is 13.7. The molecule has 0 radical (unpaired) electrons. The van der Waals surface area contributed by atoms with Gasteiger partial charge in [0.1, 0.15) is 0 Å². The predicted molar refractivity (Wildman–Crippen MR) is 188 cm³/mol. The zero-order chi connectivity index (χ0) is 38.3. The Balaban J connectivity index is 1.56. The fraction of sp³-hybridized carbons (Fsp3) is 0.0732. The van der Waals surface area contributed by atoms with Crippen LogP contribution in [0.5, 0.6) is 0 Å². The molecule has 0 aliphatic carbocycles. The summed E-state index contributed by atoms with van der Waals surface area (Å²) in [6.07, 6.45) is -14.2. The van der Waals surface area contributed by atoms with Crippen LogP contribution < -0.4 is 0 Å². The Morgan fingerprint density at radius 1 is 0.426 bits per heavy atom. The molecule has 0 atom stereocenters. The molecule has 2 heterocycles. The Kier molecular flexibility index (Phi) is 7.57. The maximum Gasteiger partial charge on any atom is 0.416 e. The Labute approximate surface area is 299 Å². The van der Waals surface area contributed by atoms with Gasteiger partial charge in [0.2, 0.25) is 0 Å². The molecule has 8 aromatic rings. The summed E-state index contributed by atoms with van der Waals surface area (Å²) >= 11 is 0. The van der Waals surface area contributed by atoms with E-state index >= 15 is 0 Å². The van der Waals surface area contributed by atoms with E-state index in [1.807, 2.05) is 0 Å². The van der Waals surface area contributed by atoms with Gasteiger partial charge in [0.25, 0.3) is 0 Å². The quantitative estimate of drug-likeness (QED) is 0.127. The minimum absolute atomic E-state index is 0.0160. The van der Waals surface area contributed by atoms with Gasteiger partial charge in [0, 0.05) is 27.1 Å². The van der Waals surface area contributed by atoms with E-state index in [0.717, 1.165) is 30.3 Å². The van der Waals surface area contributed by atoms with Crippen molar-refractivity contribution < 1.29 is 39.5 Å². The van der Waals surface area contributed by atoms with E-state index in [0.29, 0.717) is 33.4 Å². The largest absolute Gasteiger partial charge is 0.416 e. The molecule has 0 saturated heterocycles. The third kappa shape index (κ3) is 5.48. The number of hydrogen-bond donors (Lipinski definition) is 0. The van der Waals surface area contributed by atoms with Crippen LogP contribution in [0.1, 0.15) is 16.7 Å². The molecule has 0 spiro atoms. The van der Waals surface area contributed by atoms with Gasteiger partial charge in [-0.1, -0.05) is 36.4 Å². The molecule has 266 valence electrons. The van der Waals surface area contributed by atoms with Crippen molar-refractivity contribution in [3.05, 3.63) is 155 Å². The lowest BCUT2D eigenvalue weighted by Gasteiger charge is -2.20. The third-order valence-corrected chi connectivity index (χ3v) is 9.38. The van der Waals surface area contributed by atoms with Crippen molar-refractivity contribution in [2.45, 2.75) is 18.5 Å². The van der Waals surface area contributed by atoms with Gasteiger partial charge in [-0.3, -0.25) is 0 Å². The molecule has 6 aromatic carbocycles. The highest BCUT2D eigenvalue weighted by molar-refractivity contribution is 6.12. The number of halogens is 9. The zero-order valence-corrected chi connectivity index (χ0v) is 27.2. The lowest BCUT2D eigenvalue weighted by Crippen LogP contribution is -2.07. The molecule has 54 heavy (non-hydrogen) atoms. The van der Waals surface area contributed by atoms with Gasteiger partial charge in [-0.15, -0.1) is 0 Å². The lowest BCUT2D eigenvalue weighted by molar-refractivity contribution is -0.138. The van der Waals surface area contributed by atoms with Gasteiger partial charge >= 0.3 is 18.5 Å². The highest BCUT2D eigenvalue weighted by atomic mass is 19.4. The Hall–Kier alpha value is -6.73. The smallest absolute Gasteiger partial charge is 0.308 e. The summed E-state index contributed by atoms with van der Waals surface area (Å²) in [6, 6.07) is 25.1. The molecule has 0 unspecified atom stereocenters. The number of aromatic nitrogens is 2. The summed E-state index contributed by atoms with van der Waals surface area (Å²) in [6.45, 7) is 15.6. The first kappa shape index (κ1) is 34.4. The van der Waals surface area contributed by atoms with Crippen molar-refractivity contribution >= 4 is 55.0 Å². The zero-order valence-electron chi connectivity index (χ0n) is 27.2. The maximum absolute atomic E-state index is 14.1. The average molecular weight is 739 g/mol. The monoisotopic (exact) mass is 738 g/mol. The molecular weight excluding hydrogens is 719 g/mol. The molecule has 0 bridgehead atoms. The first-order valence-corrected chi connectivity index (χ1v) is 16.0. The molecule has 0 aliphatic heterocycles. The Bertz CT molecular complexity index is 2930. The van der Waals surface area contributed by atoms with E-state index < -0.39 is 35.2 Å². The fourth-order valence-corrected chi connectivity index (χ4v) is 7.06. The fourth-order valence-electron chi connectivity index (χ4n) is 7.06. The van der Waals surface area contributed by atoms with Crippen molar-refractivity contribution in [2.75, 3.05) is 0 Å². The Morgan fingerprint density at radius 2 is 0.889 bits per heavy atom. The van der Waals surface area contributed by atoms with Crippen molar-refractivity contribution in [1.82, 2.24) is 9.13 Å². The number of para-hydroxylation sites is 2. The summed E-state index contributed by atoms with van der Waals surface area (Å²) < 4.78 is 129. The van der Waals surface area contributed by atoms with Crippen LogP contribution in [0.3, 0.4) is 0 Å². The van der Waals surface area contributed by atoms with Crippen LogP contribution >= 0.6 is 0 Å². The SMILES string of the molecule is [C-]#[N+]c1cc(-c2cc(-n3c4ccccc4c4cc(C(F)(F)F)ccc43)c(-n3c4ccccc4c4cc(C(F)(F)F)ccc43)cc2[N+]#[C-])cc(C(F)(F)F)c1. The molecule has 0 N–H and O–H groups in total. The molecule has 8 rings (SSSR count). The maximum atomic E-state index is 14.1. The van der Waals surface area contributed by atoms with Crippen LogP contribution in [0.2, 0.25) is 0 Å². The minimum atomic E-state index is -4.85. The molecule has 4 nitrogen and oxygen atoms in total. The van der Waals surface area contributed by atoms with Gasteiger partial charge in [-0.25, -0.2) is 9.69 Å². The first-order valence-electron chi connectivity index (χ1n) is 16.0. The lowest BCUT2D eigenvalue weighted by atomic mass is 9.98. The average Bonchev–Trinajstić information content (AvgIpc) is 3.65. The number of nitrogens with zero attached hydrogens (tertiary/aromatic N) is 4. The second-order valence-electron chi connectivity index (χ2n) is 12.5. The summed E-state index contributed by atoms with van der Waals surface area (Å²) in [5, 5.41) is 1.26. The molecule has 13 heteroatoms. The van der Waals surface area contributed by atoms with Crippen molar-refractivity contribution in [3.8, 4) is 22.5 Å². The number of fused-ring (bicyclic) bond motifs is 6. The molecule has 0 saturated carbocycles. The van der Waals surface area contributed by atoms with Crippen molar-refractivity contribution in [3.63, 3.8) is 0 Å².